The second-order valence-corrected chi connectivity index (χ2v) is 3.66. The summed E-state index contributed by atoms with van der Waals surface area (Å²) in [4.78, 5) is 0. The molecular weight excluding hydrogens is 164 g/mol. The quantitative estimate of drug-likeness (QED) is 0.649. The van der Waals surface area contributed by atoms with Crippen LogP contribution in [0.15, 0.2) is 0 Å². The highest BCUT2D eigenvalue weighted by atomic mass is 19.3. The molecule has 70 valence electrons. The van der Waals surface area contributed by atoms with Crippen LogP contribution in [0.3, 0.4) is 0 Å². The van der Waals surface area contributed by atoms with Crippen LogP contribution < -0.4 is 5.32 Å². The van der Waals surface area contributed by atoms with Gasteiger partial charge in [0, 0.05) is 13.1 Å². The van der Waals surface area contributed by atoms with E-state index in [1.165, 1.54) is 0 Å². The van der Waals surface area contributed by atoms with Gasteiger partial charge in [-0.3, -0.25) is 0 Å². The minimum absolute atomic E-state index is 0.237. The number of nitrogens with one attached hydrogen (secondary N) is 1. The van der Waals surface area contributed by atoms with Crippen LogP contribution in [0.5, 0.6) is 0 Å². The van der Waals surface area contributed by atoms with Crippen LogP contribution in [0.4, 0.5) is 8.78 Å². The molecule has 1 unspecified atom stereocenters. The fourth-order valence-electron chi connectivity index (χ4n) is 1.85. The van der Waals surface area contributed by atoms with E-state index in [0.29, 0.717) is 6.54 Å². The molecule has 2 fully saturated rings. The van der Waals surface area contributed by atoms with Gasteiger partial charge in [0.25, 0.3) is 6.43 Å². The lowest BCUT2D eigenvalue weighted by Gasteiger charge is -2.47. The van der Waals surface area contributed by atoms with Crippen molar-refractivity contribution in [3.8, 4) is 0 Å². The minimum atomic E-state index is -2.35. The van der Waals surface area contributed by atoms with E-state index >= 15 is 0 Å². The van der Waals surface area contributed by atoms with Crippen LogP contribution in [0, 0.1) is 0 Å². The summed E-state index contributed by atoms with van der Waals surface area (Å²) < 4.78 is 29.9. The summed E-state index contributed by atoms with van der Waals surface area (Å²) >= 11 is 0. The summed E-state index contributed by atoms with van der Waals surface area (Å²) in [6, 6.07) is 0. The van der Waals surface area contributed by atoms with Crippen LogP contribution in [0.1, 0.15) is 19.3 Å². The van der Waals surface area contributed by atoms with Crippen molar-refractivity contribution in [1.82, 2.24) is 5.32 Å². The van der Waals surface area contributed by atoms with Crippen LogP contribution in [0.25, 0.3) is 0 Å². The van der Waals surface area contributed by atoms with Crippen molar-refractivity contribution in [2.24, 2.45) is 0 Å². The molecule has 1 saturated heterocycles. The van der Waals surface area contributed by atoms with E-state index in [2.05, 4.69) is 5.32 Å². The van der Waals surface area contributed by atoms with E-state index < -0.39 is 12.5 Å². The van der Waals surface area contributed by atoms with Gasteiger partial charge in [-0.1, -0.05) is 0 Å². The van der Waals surface area contributed by atoms with Crippen LogP contribution in [-0.2, 0) is 4.74 Å². The smallest absolute Gasteiger partial charge is 0.265 e. The molecule has 0 radical (unpaired) electrons. The Kier molecular flexibility index (Phi) is 2.04. The summed E-state index contributed by atoms with van der Waals surface area (Å²) in [5.74, 6) is 0. The third-order valence-corrected chi connectivity index (χ3v) is 2.74. The molecule has 0 bridgehead atoms. The van der Waals surface area contributed by atoms with Gasteiger partial charge in [0.15, 0.2) is 0 Å². The van der Waals surface area contributed by atoms with Gasteiger partial charge in [-0.25, -0.2) is 8.78 Å². The van der Waals surface area contributed by atoms with Gasteiger partial charge in [-0.2, -0.15) is 0 Å². The van der Waals surface area contributed by atoms with Crippen LogP contribution in [0.2, 0.25) is 0 Å². The van der Waals surface area contributed by atoms with Crippen LogP contribution in [-0.4, -0.2) is 31.2 Å². The molecule has 4 heteroatoms. The highest BCUT2D eigenvalue weighted by Crippen LogP contribution is 2.38. The highest BCUT2D eigenvalue weighted by Gasteiger charge is 2.44. The zero-order valence-corrected chi connectivity index (χ0v) is 6.85. The Morgan fingerprint density at radius 2 is 2.17 bits per heavy atom. The maximum absolute atomic E-state index is 12.3. The number of alkyl halides is 2. The van der Waals surface area contributed by atoms with Crippen molar-refractivity contribution in [3.63, 3.8) is 0 Å². The lowest BCUT2D eigenvalue weighted by atomic mass is 9.79. The number of hydrogen-bond donors (Lipinski definition) is 1. The van der Waals surface area contributed by atoms with Gasteiger partial charge in [0.2, 0.25) is 0 Å². The SMILES string of the molecule is FC(F)C1CNCC2(CCC2)O1. The Morgan fingerprint density at radius 3 is 2.67 bits per heavy atom. The molecule has 1 atom stereocenters. The summed E-state index contributed by atoms with van der Waals surface area (Å²) in [7, 11) is 0. The minimum Gasteiger partial charge on any atom is -0.363 e. The molecule has 0 aromatic rings. The molecule has 12 heavy (non-hydrogen) atoms. The van der Waals surface area contributed by atoms with Crippen molar-refractivity contribution in [2.75, 3.05) is 13.1 Å². The standard InChI is InChI=1S/C8H13F2NO/c9-7(10)6-4-11-5-8(12-6)2-1-3-8/h6-7,11H,1-5H2. The first-order valence-corrected chi connectivity index (χ1v) is 4.39. The Balaban J connectivity index is 1.94. The molecule has 1 heterocycles. The van der Waals surface area contributed by atoms with Crippen molar-refractivity contribution in [1.29, 1.82) is 0 Å². The number of morpholine rings is 1. The third kappa shape index (κ3) is 1.33. The van der Waals surface area contributed by atoms with Crippen molar-refractivity contribution < 1.29 is 13.5 Å². The normalized spacial score (nSPS) is 33.8. The molecule has 0 aromatic heterocycles. The highest BCUT2D eigenvalue weighted by molar-refractivity contribution is 4.96. The Labute approximate surface area is 70.3 Å². The number of halogens is 2. The van der Waals surface area contributed by atoms with E-state index in [-0.39, 0.29) is 5.60 Å². The van der Waals surface area contributed by atoms with Gasteiger partial charge >= 0.3 is 0 Å². The van der Waals surface area contributed by atoms with Gasteiger partial charge in [0.1, 0.15) is 6.10 Å². The second kappa shape index (κ2) is 2.92. The molecule has 0 aromatic carbocycles. The molecule has 2 aliphatic rings. The average Bonchev–Trinajstić information content (AvgIpc) is 2.02. The zero-order chi connectivity index (χ0) is 8.60. The monoisotopic (exact) mass is 177 g/mol. The first kappa shape index (κ1) is 8.38. The van der Waals surface area contributed by atoms with E-state index in [1.54, 1.807) is 0 Å². The fourth-order valence-corrected chi connectivity index (χ4v) is 1.85. The predicted molar refractivity (Wildman–Crippen MR) is 40.3 cm³/mol. The molecule has 1 saturated carbocycles. The second-order valence-electron chi connectivity index (χ2n) is 3.66. The molecule has 2 rings (SSSR count). The molecule has 1 aliphatic heterocycles. The van der Waals surface area contributed by atoms with Crippen molar-refractivity contribution in [3.05, 3.63) is 0 Å². The Bertz CT molecular complexity index is 170. The summed E-state index contributed by atoms with van der Waals surface area (Å²) in [6.45, 7) is 1.04. The molecule has 1 aliphatic carbocycles. The van der Waals surface area contributed by atoms with Gasteiger partial charge in [-0.05, 0) is 19.3 Å². The van der Waals surface area contributed by atoms with E-state index in [1.807, 2.05) is 0 Å². The number of hydrogen-bond acceptors (Lipinski definition) is 2. The largest absolute Gasteiger partial charge is 0.363 e. The molecule has 0 amide bonds. The van der Waals surface area contributed by atoms with Crippen LogP contribution >= 0.6 is 0 Å². The fraction of sp³-hybridized carbons (Fsp3) is 1.00. The Morgan fingerprint density at radius 1 is 1.42 bits per heavy atom. The maximum atomic E-state index is 12.3. The number of rotatable bonds is 1. The molecule has 1 spiro atoms. The third-order valence-electron chi connectivity index (χ3n) is 2.74. The topological polar surface area (TPSA) is 21.3 Å². The maximum Gasteiger partial charge on any atom is 0.265 e. The predicted octanol–water partition coefficient (Wildman–Crippen LogP) is 1.16. The first-order chi connectivity index (χ1) is 5.72. The lowest BCUT2D eigenvalue weighted by Crippen LogP contribution is -2.59. The molecular formula is C8H13F2NO. The van der Waals surface area contributed by atoms with E-state index in [9.17, 15) is 8.78 Å². The van der Waals surface area contributed by atoms with Gasteiger partial charge in [0.05, 0.1) is 5.60 Å². The van der Waals surface area contributed by atoms with Gasteiger partial charge < -0.3 is 10.1 Å². The van der Waals surface area contributed by atoms with E-state index in [4.69, 9.17) is 4.74 Å². The molecule has 2 nitrogen and oxygen atoms in total. The zero-order valence-electron chi connectivity index (χ0n) is 6.85. The molecule has 1 N–H and O–H groups in total. The van der Waals surface area contributed by atoms with Crippen molar-refractivity contribution >= 4 is 0 Å². The summed E-state index contributed by atoms with van der Waals surface area (Å²) in [5, 5.41) is 3.00. The first-order valence-electron chi connectivity index (χ1n) is 4.39. The number of ether oxygens (including phenoxy) is 1. The Hall–Kier alpha value is -0.220. The van der Waals surface area contributed by atoms with E-state index in [0.717, 1.165) is 25.8 Å². The average molecular weight is 177 g/mol. The van der Waals surface area contributed by atoms with Crippen molar-refractivity contribution in [2.45, 2.75) is 37.4 Å². The summed E-state index contributed by atoms with van der Waals surface area (Å²) in [5.41, 5.74) is -0.237. The van der Waals surface area contributed by atoms with Gasteiger partial charge in [-0.15, -0.1) is 0 Å². The lowest BCUT2D eigenvalue weighted by molar-refractivity contribution is -0.193. The summed E-state index contributed by atoms with van der Waals surface area (Å²) in [6.07, 6.45) is -0.265.